The van der Waals surface area contributed by atoms with Crippen LogP contribution in [0.2, 0.25) is 0 Å². The van der Waals surface area contributed by atoms with Gasteiger partial charge in [0.1, 0.15) is 5.82 Å². The predicted molar refractivity (Wildman–Crippen MR) is 89.6 cm³/mol. The maximum absolute atomic E-state index is 13.2. The Kier molecular flexibility index (Phi) is 4.92. The van der Waals surface area contributed by atoms with E-state index in [1.165, 1.54) is 12.1 Å². The van der Waals surface area contributed by atoms with Gasteiger partial charge in [0.05, 0.1) is 18.2 Å². The minimum Gasteiger partial charge on any atom is -0.368 e. The van der Waals surface area contributed by atoms with Crippen LogP contribution in [0.5, 0.6) is 0 Å². The van der Waals surface area contributed by atoms with Crippen LogP contribution >= 0.6 is 0 Å². The molecule has 1 aliphatic heterocycles. The summed E-state index contributed by atoms with van der Waals surface area (Å²) in [5, 5.41) is 0. The second-order valence-electron chi connectivity index (χ2n) is 6.11. The third-order valence-electron chi connectivity index (χ3n) is 4.50. The monoisotopic (exact) mass is 328 g/mol. The lowest BCUT2D eigenvalue weighted by Gasteiger charge is -2.40. The zero-order valence-corrected chi connectivity index (χ0v) is 13.6. The van der Waals surface area contributed by atoms with E-state index in [0.29, 0.717) is 13.1 Å². The summed E-state index contributed by atoms with van der Waals surface area (Å²) in [6.07, 6.45) is -0.414. The molecule has 1 saturated heterocycles. The van der Waals surface area contributed by atoms with Crippen molar-refractivity contribution >= 4 is 5.91 Å². The molecule has 5 heteroatoms. The molecule has 1 heterocycles. The first kappa shape index (κ1) is 16.6. The van der Waals surface area contributed by atoms with Crippen molar-refractivity contribution in [2.24, 2.45) is 5.73 Å². The number of primary amides is 1. The number of ether oxygens (including phenoxy) is 1. The van der Waals surface area contributed by atoms with Crippen molar-refractivity contribution in [3.63, 3.8) is 0 Å². The molecule has 3 rings (SSSR count). The lowest BCUT2D eigenvalue weighted by molar-refractivity contribution is -0.132. The van der Waals surface area contributed by atoms with Crippen molar-refractivity contribution in [3.8, 4) is 0 Å². The second kappa shape index (κ2) is 7.11. The molecule has 0 saturated carbocycles. The van der Waals surface area contributed by atoms with E-state index in [0.717, 1.165) is 11.1 Å². The van der Waals surface area contributed by atoms with E-state index in [2.05, 4.69) is 0 Å². The summed E-state index contributed by atoms with van der Waals surface area (Å²) >= 11 is 0. The number of carbonyl (C=O) groups excluding carboxylic acids is 1. The molecule has 3 atom stereocenters. The molecule has 1 aliphatic rings. The number of amides is 1. The van der Waals surface area contributed by atoms with Crippen molar-refractivity contribution in [3.05, 3.63) is 71.5 Å². The fourth-order valence-electron chi connectivity index (χ4n) is 2.99. The SMILES string of the molecule is C[C@H](C(N)=O)N1C[C@@H](c2ccccc2)O[C@@H](c2ccc(F)cc2)C1. The number of morpholine rings is 1. The van der Waals surface area contributed by atoms with Gasteiger partial charge in [0, 0.05) is 13.1 Å². The zero-order chi connectivity index (χ0) is 17.1. The molecular formula is C19H21FN2O2. The highest BCUT2D eigenvalue weighted by atomic mass is 19.1. The van der Waals surface area contributed by atoms with Crippen LogP contribution in [-0.4, -0.2) is 29.9 Å². The van der Waals surface area contributed by atoms with E-state index >= 15 is 0 Å². The van der Waals surface area contributed by atoms with E-state index in [1.54, 1.807) is 19.1 Å². The quantitative estimate of drug-likeness (QED) is 0.939. The molecule has 0 bridgehead atoms. The standard InChI is InChI=1S/C19H21FN2O2/c1-13(19(21)23)22-11-17(14-5-3-2-4-6-14)24-18(12-22)15-7-9-16(20)10-8-15/h2-10,13,17-18H,11-12H2,1H3,(H2,21,23)/t13-,17+,18-/m1/s1. The highest BCUT2D eigenvalue weighted by Crippen LogP contribution is 2.33. The summed E-state index contributed by atoms with van der Waals surface area (Å²) in [7, 11) is 0. The second-order valence-corrected chi connectivity index (χ2v) is 6.11. The minimum atomic E-state index is -0.386. The summed E-state index contributed by atoms with van der Waals surface area (Å²) in [4.78, 5) is 13.6. The van der Waals surface area contributed by atoms with Gasteiger partial charge in [0.15, 0.2) is 0 Å². The topological polar surface area (TPSA) is 55.6 Å². The number of hydrogen-bond acceptors (Lipinski definition) is 3. The highest BCUT2D eigenvalue weighted by molar-refractivity contribution is 5.79. The average molecular weight is 328 g/mol. The first-order chi connectivity index (χ1) is 11.5. The Morgan fingerprint density at radius 1 is 1.08 bits per heavy atom. The van der Waals surface area contributed by atoms with Crippen molar-refractivity contribution in [1.29, 1.82) is 0 Å². The number of rotatable bonds is 4. The number of benzene rings is 2. The van der Waals surface area contributed by atoms with Gasteiger partial charge >= 0.3 is 0 Å². The van der Waals surface area contributed by atoms with Crippen LogP contribution in [0.1, 0.15) is 30.3 Å². The van der Waals surface area contributed by atoms with E-state index in [1.807, 2.05) is 35.2 Å². The molecule has 0 radical (unpaired) electrons. The van der Waals surface area contributed by atoms with Gasteiger partial charge in [0.2, 0.25) is 5.91 Å². The van der Waals surface area contributed by atoms with E-state index in [4.69, 9.17) is 10.5 Å². The van der Waals surface area contributed by atoms with Gasteiger partial charge < -0.3 is 10.5 Å². The Balaban J connectivity index is 1.88. The minimum absolute atomic E-state index is 0.170. The third-order valence-corrected chi connectivity index (χ3v) is 4.50. The number of hydrogen-bond donors (Lipinski definition) is 1. The zero-order valence-electron chi connectivity index (χ0n) is 13.6. The van der Waals surface area contributed by atoms with Crippen LogP contribution in [0.25, 0.3) is 0 Å². The van der Waals surface area contributed by atoms with E-state index < -0.39 is 0 Å². The first-order valence-electron chi connectivity index (χ1n) is 8.04. The van der Waals surface area contributed by atoms with Crippen LogP contribution in [0, 0.1) is 5.82 Å². The maximum atomic E-state index is 13.2. The summed E-state index contributed by atoms with van der Waals surface area (Å²) in [5.74, 6) is -0.641. The van der Waals surface area contributed by atoms with Crippen LogP contribution in [0.3, 0.4) is 0 Å². The molecule has 2 aromatic carbocycles. The lowest BCUT2D eigenvalue weighted by atomic mass is 10.0. The van der Waals surface area contributed by atoms with Crippen molar-refractivity contribution in [2.45, 2.75) is 25.2 Å². The van der Waals surface area contributed by atoms with Crippen LogP contribution in [0.15, 0.2) is 54.6 Å². The fourth-order valence-corrected chi connectivity index (χ4v) is 2.99. The van der Waals surface area contributed by atoms with Gasteiger partial charge in [-0.2, -0.15) is 0 Å². The van der Waals surface area contributed by atoms with E-state index in [-0.39, 0.29) is 30.0 Å². The van der Waals surface area contributed by atoms with E-state index in [9.17, 15) is 9.18 Å². The third kappa shape index (κ3) is 3.63. The molecular weight excluding hydrogens is 307 g/mol. The molecule has 2 aromatic rings. The molecule has 126 valence electrons. The molecule has 1 amide bonds. The lowest BCUT2D eigenvalue weighted by Crippen LogP contribution is -2.49. The first-order valence-corrected chi connectivity index (χ1v) is 8.04. The molecule has 0 aromatic heterocycles. The number of halogens is 1. The Hall–Kier alpha value is -2.24. The Labute approximate surface area is 141 Å². The van der Waals surface area contributed by atoms with Gasteiger partial charge in [0.25, 0.3) is 0 Å². The largest absolute Gasteiger partial charge is 0.368 e. The summed E-state index contributed by atoms with van der Waals surface area (Å²) in [6, 6.07) is 15.8. The molecule has 4 nitrogen and oxygen atoms in total. The van der Waals surface area contributed by atoms with Crippen molar-refractivity contribution in [2.75, 3.05) is 13.1 Å². The highest BCUT2D eigenvalue weighted by Gasteiger charge is 2.33. The molecule has 24 heavy (non-hydrogen) atoms. The number of carbonyl (C=O) groups is 1. The molecule has 0 spiro atoms. The van der Waals surface area contributed by atoms with Gasteiger partial charge in [-0.15, -0.1) is 0 Å². The Morgan fingerprint density at radius 2 is 1.62 bits per heavy atom. The normalized spacial score (nSPS) is 22.9. The Morgan fingerprint density at radius 3 is 2.17 bits per heavy atom. The maximum Gasteiger partial charge on any atom is 0.234 e. The average Bonchev–Trinajstić information content (AvgIpc) is 2.62. The predicted octanol–water partition coefficient (Wildman–Crippen LogP) is 2.81. The fraction of sp³-hybridized carbons (Fsp3) is 0.316. The van der Waals surface area contributed by atoms with Crippen molar-refractivity contribution < 1.29 is 13.9 Å². The van der Waals surface area contributed by atoms with Crippen LogP contribution < -0.4 is 5.73 Å². The van der Waals surface area contributed by atoms with Gasteiger partial charge in [-0.1, -0.05) is 42.5 Å². The summed E-state index contributed by atoms with van der Waals surface area (Å²) in [5.41, 5.74) is 7.42. The number of nitrogens with two attached hydrogens (primary N) is 1. The molecule has 2 N–H and O–H groups in total. The van der Waals surface area contributed by atoms with Gasteiger partial charge in [-0.3, -0.25) is 9.69 Å². The van der Waals surface area contributed by atoms with Crippen LogP contribution in [0.4, 0.5) is 4.39 Å². The van der Waals surface area contributed by atoms with Gasteiger partial charge in [-0.25, -0.2) is 4.39 Å². The summed E-state index contributed by atoms with van der Waals surface area (Å²) in [6.45, 7) is 2.93. The molecule has 1 fully saturated rings. The number of nitrogens with zero attached hydrogens (tertiary/aromatic N) is 1. The van der Waals surface area contributed by atoms with Gasteiger partial charge in [-0.05, 0) is 30.2 Å². The molecule has 0 unspecified atom stereocenters. The van der Waals surface area contributed by atoms with Crippen LogP contribution in [-0.2, 0) is 9.53 Å². The molecule has 0 aliphatic carbocycles. The van der Waals surface area contributed by atoms with Crippen molar-refractivity contribution in [1.82, 2.24) is 4.90 Å². The smallest absolute Gasteiger partial charge is 0.234 e. The Bertz CT molecular complexity index is 690. The summed E-state index contributed by atoms with van der Waals surface area (Å²) < 4.78 is 19.4.